The predicted molar refractivity (Wildman–Crippen MR) is 133 cm³/mol. The molecule has 0 unspecified atom stereocenters. The maximum atomic E-state index is 11.3. The van der Waals surface area contributed by atoms with Gasteiger partial charge in [0, 0.05) is 48.8 Å². The summed E-state index contributed by atoms with van der Waals surface area (Å²) in [6, 6.07) is 19.9. The Morgan fingerprint density at radius 1 is 1.06 bits per heavy atom. The van der Waals surface area contributed by atoms with Gasteiger partial charge in [0.2, 0.25) is 0 Å². The molecular formula is C26H30ClN3O2. The van der Waals surface area contributed by atoms with Gasteiger partial charge in [-0.05, 0) is 43.7 Å². The molecule has 0 saturated carbocycles. The molecule has 0 aliphatic carbocycles. The Bertz CT molecular complexity index is 956. The van der Waals surface area contributed by atoms with Gasteiger partial charge >= 0.3 is 5.97 Å². The van der Waals surface area contributed by atoms with Gasteiger partial charge in [-0.3, -0.25) is 14.7 Å². The SMILES string of the molecule is COC(=O)CCCCCN1CC(C=Nc2ccccc2)=C(Cl)/C(=C/Nc2ccccc2)C1. The third kappa shape index (κ3) is 7.66. The molecule has 0 aromatic heterocycles. The topological polar surface area (TPSA) is 53.9 Å². The molecular weight excluding hydrogens is 422 g/mol. The lowest BCUT2D eigenvalue weighted by molar-refractivity contribution is -0.140. The van der Waals surface area contributed by atoms with E-state index in [1.165, 1.54) is 7.11 Å². The van der Waals surface area contributed by atoms with Gasteiger partial charge in [0.05, 0.1) is 17.8 Å². The summed E-state index contributed by atoms with van der Waals surface area (Å²) >= 11 is 6.78. The number of benzene rings is 2. The standard InChI is InChI=1S/C26H30ClN3O2/c1-32-25(31)15-9-4-10-16-30-19-21(17-28-23-11-5-2-6-12-23)26(27)22(20-30)18-29-24-13-7-3-8-14-24/h2-3,5-8,11-14,17-18,28H,4,9-10,15-16,19-20H2,1H3/b21-17+,29-18?. The van der Waals surface area contributed by atoms with Crippen molar-refractivity contribution in [2.75, 3.05) is 32.1 Å². The van der Waals surface area contributed by atoms with Crippen LogP contribution in [0.4, 0.5) is 11.4 Å². The summed E-state index contributed by atoms with van der Waals surface area (Å²) in [6.07, 6.45) is 7.17. The number of nitrogens with one attached hydrogen (secondary N) is 1. The van der Waals surface area contributed by atoms with Crippen LogP contribution in [-0.2, 0) is 9.53 Å². The van der Waals surface area contributed by atoms with Crippen molar-refractivity contribution < 1.29 is 9.53 Å². The van der Waals surface area contributed by atoms with E-state index >= 15 is 0 Å². The number of methoxy groups -OCH3 is 1. The van der Waals surface area contributed by atoms with E-state index in [0.29, 0.717) is 6.42 Å². The number of nitrogens with zero attached hydrogens (tertiary/aromatic N) is 2. The third-order valence-corrected chi connectivity index (χ3v) is 5.73. The van der Waals surface area contributed by atoms with E-state index in [9.17, 15) is 4.79 Å². The van der Waals surface area contributed by atoms with E-state index in [1.54, 1.807) is 0 Å². The van der Waals surface area contributed by atoms with Crippen LogP contribution >= 0.6 is 11.6 Å². The number of halogens is 1. The Morgan fingerprint density at radius 3 is 2.50 bits per heavy atom. The molecule has 3 rings (SSSR count). The molecule has 0 amide bonds. The number of para-hydroxylation sites is 2. The number of hydrogen-bond acceptors (Lipinski definition) is 5. The summed E-state index contributed by atoms with van der Waals surface area (Å²) in [5.41, 5.74) is 3.95. The van der Waals surface area contributed by atoms with Crippen molar-refractivity contribution in [3.8, 4) is 0 Å². The third-order valence-electron chi connectivity index (χ3n) is 5.25. The highest BCUT2D eigenvalue weighted by Gasteiger charge is 2.21. The predicted octanol–water partition coefficient (Wildman–Crippen LogP) is 5.93. The molecule has 0 fully saturated rings. The molecule has 6 heteroatoms. The van der Waals surface area contributed by atoms with Gasteiger partial charge in [0.25, 0.3) is 0 Å². The van der Waals surface area contributed by atoms with E-state index < -0.39 is 0 Å². The molecule has 0 atom stereocenters. The maximum Gasteiger partial charge on any atom is 0.305 e. The molecule has 0 radical (unpaired) electrons. The van der Waals surface area contributed by atoms with E-state index in [4.69, 9.17) is 16.3 Å². The van der Waals surface area contributed by atoms with Crippen molar-refractivity contribution in [3.05, 3.63) is 83.0 Å². The first-order chi connectivity index (χ1) is 15.7. The molecule has 1 aliphatic rings. The number of carbonyl (C=O) groups is 1. The number of aliphatic imine (C=N–C) groups is 1. The monoisotopic (exact) mass is 451 g/mol. The van der Waals surface area contributed by atoms with Crippen LogP contribution < -0.4 is 5.32 Å². The minimum Gasteiger partial charge on any atom is -0.469 e. The van der Waals surface area contributed by atoms with Crippen LogP contribution in [0.2, 0.25) is 0 Å². The quantitative estimate of drug-likeness (QED) is 0.276. The molecule has 0 saturated heterocycles. The molecule has 1 aliphatic heterocycles. The summed E-state index contributed by atoms with van der Waals surface area (Å²) in [7, 11) is 1.43. The van der Waals surface area contributed by atoms with Gasteiger partial charge in [-0.2, -0.15) is 0 Å². The number of esters is 1. The van der Waals surface area contributed by atoms with Gasteiger partial charge < -0.3 is 10.1 Å². The minimum atomic E-state index is -0.144. The number of rotatable bonds is 10. The van der Waals surface area contributed by atoms with Crippen LogP contribution in [0.1, 0.15) is 25.7 Å². The Hall–Kier alpha value is -2.89. The lowest BCUT2D eigenvalue weighted by atomic mass is 10.1. The van der Waals surface area contributed by atoms with E-state index in [0.717, 1.165) is 66.5 Å². The largest absolute Gasteiger partial charge is 0.469 e. The minimum absolute atomic E-state index is 0.144. The van der Waals surface area contributed by atoms with Crippen LogP contribution in [0.5, 0.6) is 0 Å². The number of anilines is 1. The van der Waals surface area contributed by atoms with Crippen LogP contribution in [-0.4, -0.2) is 43.8 Å². The average molecular weight is 452 g/mol. The zero-order chi connectivity index (χ0) is 22.6. The fourth-order valence-electron chi connectivity index (χ4n) is 3.50. The van der Waals surface area contributed by atoms with Crippen molar-refractivity contribution in [3.63, 3.8) is 0 Å². The van der Waals surface area contributed by atoms with Crippen LogP contribution in [0.3, 0.4) is 0 Å². The lowest BCUT2D eigenvalue weighted by Gasteiger charge is -2.29. The number of carbonyl (C=O) groups excluding carboxylic acids is 1. The van der Waals surface area contributed by atoms with Crippen LogP contribution in [0, 0.1) is 0 Å². The molecule has 2 aromatic rings. The number of unbranched alkanes of at least 4 members (excludes halogenated alkanes) is 2. The first-order valence-corrected chi connectivity index (χ1v) is 11.3. The van der Waals surface area contributed by atoms with Crippen LogP contribution in [0.25, 0.3) is 0 Å². The summed E-state index contributed by atoms with van der Waals surface area (Å²) in [4.78, 5) is 18.3. The highest BCUT2D eigenvalue weighted by Crippen LogP contribution is 2.27. The Kier molecular flexibility index (Phi) is 9.54. The fourth-order valence-corrected chi connectivity index (χ4v) is 3.73. The van der Waals surface area contributed by atoms with Gasteiger partial charge in [-0.15, -0.1) is 0 Å². The summed E-state index contributed by atoms with van der Waals surface area (Å²) in [5, 5.41) is 4.10. The molecule has 0 spiro atoms. The number of hydrogen-bond donors (Lipinski definition) is 1. The molecule has 2 aromatic carbocycles. The van der Waals surface area contributed by atoms with E-state index in [1.807, 2.05) is 73.1 Å². The van der Waals surface area contributed by atoms with Gasteiger partial charge in [-0.25, -0.2) is 0 Å². The van der Waals surface area contributed by atoms with E-state index in [-0.39, 0.29) is 5.97 Å². The second-order valence-corrected chi connectivity index (χ2v) is 8.09. The van der Waals surface area contributed by atoms with Gasteiger partial charge in [0.15, 0.2) is 0 Å². The molecule has 1 N–H and O–H groups in total. The number of ether oxygens (including phenoxy) is 1. The van der Waals surface area contributed by atoms with Gasteiger partial charge in [0.1, 0.15) is 0 Å². The van der Waals surface area contributed by atoms with Crippen molar-refractivity contribution in [1.82, 2.24) is 4.90 Å². The normalized spacial score (nSPS) is 16.0. The zero-order valence-electron chi connectivity index (χ0n) is 18.5. The smallest absolute Gasteiger partial charge is 0.305 e. The zero-order valence-corrected chi connectivity index (χ0v) is 19.2. The Morgan fingerprint density at radius 2 is 1.78 bits per heavy atom. The average Bonchev–Trinajstić information content (AvgIpc) is 2.84. The second kappa shape index (κ2) is 12.8. The van der Waals surface area contributed by atoms with Crippen molar-refractivity contribution in [2.45, 2.75) is 25.7 Å². The summed E-state index contributed by atoms with van der Waals surface area (Å²) < 4.78 is 4.71. The van der Waals surface area contributed by atoms with Crippen LogP contribution in [0.15, 0.2) is 88.0 Å². The molecule has 5 nitrogen and oxygen atoms in total. The highest BCUT2D eigenvalue weighted by atomic mass is 35.5. The molecule has 32 heavy (non-hydrogen) atoms. The van der Waals surface area contributed by atoms with E-state index in [2.05, 4.69) is 15.2 Å². The first-order valence-electron chi connectivity index (χ1n) is 10.9. The second-order valence-electron chi connectivity index (χ2n) is 7.71. The van der Waals surface area contributed by atoms with Crippen molar-refractivity contribution in [1.29, 1.82) is 0 Å². The summed E-state index contributed by atoms with van der Waals surface area (Å²) in [6.45, 7) is 2.43. The lowest BCUT2D eigenvalue weighted by Crippen LogP contribution is -2.34. The Balaban J connectivity index is 1.68. The maximum absolute atomic E-state index is 11.3. The van der Waals surface area contributed by atoms with Crippen molar-refractivity contribution in [2.24, 2.45) is 4.99 Å². The molecule has 0 bridgehead atoms. The Labute approximate surface area is 195 Å². The first kappa shape index (κ1) is 23.8. The van der Waals surface area contributed by atoms with Crippen molar-refractivity contribution >= 4 is 35.2 Å². The summed E-state index contributed by atoms with van der Waals surface area (Å²) in [5.74, 6) is -0.144. The fraction of sp³-hybridized carbons (Fsp3) is 0.308. The molecule has 1 heterocycles. The molecule has 168 valence electrons. The van der Waals surface area contributed by atoms with Gasteiger partial charge in [-0.1, -0.05) is 54.4 Å². The highest BCUT2D eigenvalue weighted by molar-refractivity contribution is 6.34.